The fourth-order valence-corrected chi connectivity index (χ4v) is 7.32. The first-order valence-electron chi connectivity index (χ1n) is 17.5. The van der Waals surface area contributed by atoms with Crippen molar-refractivity contribution < 1.29 is 23.5 Å². The van der Waals surface area contributed by atoms with Gasteiger partial charge in [0, 0.05) is 99.8 Å². The van der Waals surface area contributed by atoms with Gasteiger partial charge in [-0.25, -0.2) is 14.4 Å². The number of carbonyl (C=O) groups is 2. The van der Waals surface area contributed by atoms with Crippen molar-refractivity contribution in [2.75, 3.05) is 71.9 Å². The molecule has 13 heteroatoms. The number of anilines is 1. The first-order chi connectivity index (χ1) is 23.9. The van der Waals surface area contributed by atoms with Crippen LogP contribution in [-0.4, -0.2) is 125 Å². The van der Waals surface area contributed by atoms with Crippen LogP contribution in [0.4, 0.5) is 10.2 Å². The van der Waals surface area contributed by atoms with Gasteiger partial charge < -0.3 is 29.1 Å². The van der Waals surface area contributed by atoms with Gasteiger partial charge in [-0.05, 0) is 65.9 Å². The molecule has 2 aliphatic heterocycles. The van der Waals surface area contributed by atoms with Gasteiger partial charge >= 0.3 is 0 Å². The summed E-state index contributed by atoms with van der Waals surface area (Å²) >= 11 is 0. The molecular formula is C37H49FN8O4. The maximum absolute atomic E-state index is 14.7. The molecule has 0 atom stereocenters. The maximum Gasteiger partial charge on any atom is 0.254 e. The lowest BCUT2D eigenvalue weighted by Gasteiger charge is -2.59. The van der Waals surface area contributed by atoms with Gasteiger partial charge in [-0.1, -0.05) is 0 Å². The van der Waals surface area contributed by atoms with E-state index in [1.807, 2.05) is 59.1 Å². The molecule has 3 aliphatic rings. The molecule has 0 unspecified atom stereocenters. The number of aromatic nitrogens is 3. The number of rotatable bonds is 13. The number of benzene rings is 1. The molecular weight excluding hydrogens is 639 g/mol. The van der Waals surface area contributed by atoms with Crippen molar-refractivity contribution in [2.45, 2.75) is 58.7 Å². The van der Waals surface area contributed by atoms with E-state index in [2.05, 4.69) is 24.8 Å². The van der Waals surface area contributed by atoms with E-state index in [0.717, 1.165) is 69.0 Å². The summed E-state index contributed by atoms with van der Waals surface area (Å²) in [4.78, 5) is 48.7. The molecule has 50 heavy (non-hydrogen) atoms. The van der Waals surface area contributed by atoms with E-state index in [-0.39, 0.29) is 40.7 Å². The summed E-state index contributed by atoms with van der Waals surface area (Å²) in [6.07, 6.45) is 7.75. The number of carbonyl (C=O) groups excluding carboxylic acids is 2. The quantitative estimate of drug-likeness (QED) is 0.261. The highest BCUT2D eigenvalue weighted by atomic mass is 19.1. The minimum Gasteiger partial charge on any atom is -0.490 e. The van der Waals surface area contributed by atoms with Crippen LogP contribution in [-0.2, 0) is 17.8 Å². The van der Waals surface area contributed by atoms with Gasteiger partial charge in [-0.2, -0.15) is 0 Å². The zero-order valence-corrected chi connectivity index (χ0v) is 30.1. The summed E-state index contributed by atoms with van der Waals surface area (Å²) in [5, 5.41) is 0. The molecule has 12 nitrogen and oxygen atoms in total. The van der Waals surface area contributed by atoms with Crippen LogP contribution in [0.1, 0.15) is 55.2 Å². The fourth-order valence-electron chi connectivity index (χ4n) is 7.32. The van der Waals surface area contributed by atoms with Crippen molar-refractivity contribution in [1.29, 1.82) is 0 Å². The minimum atomic E-state index is -0.546. The van der Waals surface area contributed by atoms with Gasteiger partial charge in [-0.3, -0.25) is 19.5 Å². The average Bonchev–Trinajstić information content (AvgIpc) is 3.04. The van der Waals surface area contributed by atoms with Gasteiger partial charge in [0.05, 0.1) is 12.7 Å². The average molecular weight is 689 g/mol. The standard InChI is InChI=1S/C37H49FN8O4/c1-7-46(25(2)3)36(48)26-14-27(38)16-28(15-26)49-33-19-39-24-41-35(33)45-22-37(23-45)17-29(18-37)50-32-8-10-40-31-9-11-44(20-30(31)32)13-12-43(6)34(47)21-42(4)5/h8,10,14-16,19,24-25,29H,7,9,11-13,17-18,20-23H2,1-6H3. The van der Waals surface area contributed by atoms with Crippen LogP contribution in [0.2, 0.25) is 0 Å². The number of amides is 2. The zero-order valence-electron chi connectivity index (χ0n) is 30.1. The Hall–Kier alpha value is -4.36. The van der Waals surface area contributed by atoms with Crippen LogP contribution in [0, 0.1) is 11.2 Å². The second kappa shape index (κ2) is 14.9. The number of ether oxygens (including phenoxy) is 2. The fraction of sp³-hybridized carbons (Fsp3) is 0.541. The molecule has 2 fully saturated rings. The summed E-state index contributed by atoms with van der Waals surface area (Å²) in [6.45, 7) is 11.4. The molecule has 1 aliphatic carbocycles. The molecule has 0 bridgehead atoms. The Morgan fingerprint density at radius 3 is 2.60 bits per heavy atom. The topological polar surface area (TPSA) is 107 Å². The zero-order chi connectivity index (χ0) is 35.6. The number of pyridine rings is 1. The summed E-state index contributed by atoms with van der Waals surface area (Å²) in [7, 11) is 5.67. The number of hydrogen-bond donors (Lipinski definition) is 0. The van der Waals surface area contributed by atoms with E-state index in [1.54, 1.807) is 22.1 Å². The number of nitrogens with zero attached hydrogens (tertiary/aromatic N) is 8. The molecule has 1 saturated heterocycles. The minimum absolute atomic E-state index is 0.0144. The van der Waals surface area contributed by atoms with Crippen molar-refractivity contribution in [3.8, 4) is 17.2 Å². The monoisotopic (exact) mass is 688 g/mol. The number of halogens is 1. The predicted octanol–water partition coefficient (Wildman–Crippen LogP) is 4.10. The van der Waals surface area contributed by atoms with Crippen LogP contribution < -0.4 is 14.4 Å². The van der Waals surface area contributed by atoms with Gasteiger partial charge in [-0.15, -0.1) is 0 Å². The normalized spacial score (nSPS) is 16.9. The molecule has 2 aromatic heterocycles. The first kappa shape index (κ1) is 35.5. The highest BCUT2D eigenvalue weighted by molar-refractivity contribution is 5.94. The Kier molecular flexibility index (Phi) is 10.5. The molecule has 0 N–H and O–H groups in total. The Labute approximate surface area is 294 Å². The second-order valence-electron chi connectivity index (χ2n) is 14.5. The van der Waals surface area contributed by atoms with Crippen molar-refractivity contribution in [3.05, 3.63) is 65.6 Å². The number of hydrogen-bond acceptors (Lipinski definition) is 10. The van der Waals surface area contributed by atoms with E-state index in [1.165, 1.54) is 18.5 Å². The lowest BCUT2D eigenvalue weighted by molar-refractivity contribution is -0.130. The van der Waals surface area contributed by atoms with Crippen LogP contribution in [0.25, 0.3) is 0 Å². The lowest BCUT2D eigenvalue weighted by Crippen LogP contribution is -2.65. The van der Waals surface area contributed by atoms with Gasteiger partial charge in [0.25, 0.3) is 5.91 Å². The predicted molar refractivity (Wildman–Crippen MR) is 188 cm³/mol. The Bertz CT molecular complexity index is 1690. The van der Waals surface area contributed by atoms with Gasteiger partial charge in [0.15, 0.2) is 11.6 Å². The Morgan fingerprint density at radius 2 is 1.88 bits per heavy atom. The van der Waals surface area contributed by atoms with Crippen molar-refractivity contribution in [3.63, 3.8) is 0 Å². The second-order valence-corrected chi connectivity index (χ2v) is 14.5. The highest BCUT2D eigenvalue weighted by Crippen LogP contribution is 2.52. The van der Waals surface area contributed by atoms with Gasteiger partial charge in [0.2, 0.25) is 5.91 Å². The largest absolute Gasteiger partial charge is 0.490 e. The summed E-state index contributed by atoms with van der Waals surface area (Å²) in [6, 6.07) is 6.05. The summed E-state index contributed by atoms with van der Waals surface area (Å²) < 4.78 is 27.4. The SMILES string of the molecule is CCN(C(=O)c1cc(F)cc(Oc2cncnc2N2CC3(CC(Oc4ccnc5c4CN(CCN(C)C(=O)CN(C)C)CC5)C3)C2)c1)C(C)C. The molecule has 1 saturated carbocycles. The van der Waals surface area contributed by atoms with E-state index >= 15 is 0 Å². The van der Waals surface area contributed by atoms with Crippen LogP contribution in [0.3, 0.4) is 0 Å². The van der Waals surface area contributed by atoms with Crippen molar-refractivity contribution in [1.82, 2.24) is 34.6 Å². The van der Waals surface area contributed by atoms with Crippen LogP contribution in [0.5, 0.6) is 17.2 Å². The molecule has 268 valence electrons. The van der Waals surface area contributed by atoms with E-state index in [9.17, 15) is 14.0 Å². The summed E-state index contributed by atoms with van der Waals surface area (Å²) in [5.41, 5.74) is 2.61. The maximum atomic E-state index is 14.7. The summed E-state index contributed by atoms with van der Waals surface area (Å²) in [5.74, 6) is 1.51. The third-order valence-corrected chi connectivity index (χ3v) is 9.97. The third-order valence-electron chi connectivity index (χ3n) is 9.97. The number of likely N-dealkylation sites (N-methyl/N-ethyl adjacent to an activating group) is 2. The van der Waals surface area contributed by atoms with Crippen molar-refractivity contribution >= 4 is 17.6 Å². The van der Waals surface area contributed by atoms with Crippen LogP contribution in [0.15, 0.2) is 43.0 Å². The molecule has 4 heterocycles. The van der Waals surface area contributed by atoms with E-state index in [4.69, 9.17) is 9.47 Å². The van der Waals surface area contributed by atoms with Gasteiger partial charge in [0.1, 0.15) is 29.7 Å². The Morgan fingerprint density at radius 1 is 1.10 bits per heavy atom. The molecule has 1 spiro atoms. The third kappa shape index (κ3) is 7.83. The van der Waals surface area contributed by atoms with E-state index < -0.39 is 5.82 Å². The number of fused-ring (bicyclic) bond motifs is 1. The Balaban J connectivity index is 1.04. The van der Waals surface area contributed by atoms with E-state index in [0.29, 0.717) is 31.2 Å². The van der Waals surface area contributed by atoms with Crippen LogP contribution >= 0.6 is 0 Å². The molecule has 3 aromatic rings. The lowest BCUT2D eigenvalue weighted by atomic mass is 9.61. The molecule has 6 rings (SSSR count). The molecule has 2 amide bonds. The molecule has 0 radical (unpaired) electrons. The smallest absolute Gasteiger partial charge is 0.254 e. The molecule has 1 aromatic carbocycles. The first-order valence-corrected chi connectivity index (χ1v) is 17.5. The highest BCUT2D eigenvalue weighted by Gasteiger charge is 2.54. The van der Waals surface area contributed by atoms with Crippen molar-refractivity contribution in [2.24, 2.45) is 5.41 Å².